The second kappa shape index (κ2) is 6.93. The molecule has 1 aliphatic carbocycles. The zero-order chi connectivity index (χ0) is 19.0. The van der Waals surface area contributed by atoms with Crippen LogP contribution in [0, 0.1) is 11.3 Å². The third-order valence-corrected chi connectivity index (χ3v) is 6.20. The summed E-state index contributed by atoms with van der Waals surface area (Å²) in [5.41, 5.74) is 2.41. The zero-order valence-electron chi connectivity index (χ0n) is 15.9. The first-order valence-corrected chi connectivity index (χ1v) is 9.52. The molecule has 1 aliphatic heterocycles. The summed E-state index contributed by atoms with van der Waals surface area (Å²) in [5, 5.41) is 0. The van der Waals surface area contributed by atoms with E-state index in [-0.39, 0.29) is 17.5 Å². The van der Waals surface area contributed by atoms with Crippen molar-refractivity contribution in [1.82, 2.24) is 4.90 Å². The summed E-state index contributed by atoms with van der Waals surface area (Å²) in [6.07, 6.45) is 1.53. The highest BCUT2D eigenvalue weighted by atomic mass is 16.5. The first-order valence-electron chi connectivity index (χ1n) is 9.52. The van der Waals surface area contributed by atoms with Gasteiger partial charge in [-0.05, 0) is 49.1 Å². The number of rotatable bonds is 4. The fourth-order valence-corrected chi connectivity index (χ4v) is 4.83. The summed E-state index contributed by atoms with van der Waals surface area (Å²) >= 11 is 0. The van der Waals surface area contributed by atoms with E-state index in [1.807, 2.05) is 36.4 Å². The van der Waals surface area contributed by atoms with E-state index in [0.29, 0.717) is 13.1 Å². The molecule has 0 N–H and O–H groups in total. The van der Waals surface area contributed by atoms with Crippen LogP contribution in [0.5, 0.6) is 5.75 Å². The van der Waals surface area contributed by atoms with Crippen LogP contribution >= 0.6 is 0 Å². The van der Waals surface area contributed by atoms with Crippen LogP contribution in [0.4, 0.5) is 0 Å². The molecule has 1 spiro atoms. The van der Waals surface area contributed by atoms with Crippen LogP contribution < -0.4 is 4.74 Å². The molecule has 2 aromatic carbocycles. The molecule has 0 amide bonds. The van der Waals surface area contributed by atoms with Gasteiger partial charge >= 0.3 is 0 Å². The van der Waals surface area contributed by atoms with E-state index in [9.17, 15) is 9.59 Å². The van der Waals surface area contributed by atoms with Gasteiger partial charge in [0, 0.05) is 31.1 Å². The van der Waals surface area contributed by atoms with Crippen molar-refractivity contribution >= 4 is 11.6 Å². The highest BCUT2D eigenvalue weighted by molar-refractivity contribution is 6.06. The number of nitrogens with zero attached hydrogens (tertiary/aromatic N) is 1. The van der Waals surface area contributed by atoms with E-state index in [1.165, 1.54) is 5.56 Å². The molecule has 2 aromatic rings. The highest BCUT2D eigenvalue weighted by Crippen LogP contribution is 2.47. The van der Waals surface area contributed by atoms with Crippen molar-refractivity contribution in [3.8, 4) is 5.75 Å². The molecule has 2 atom stereocenters. The Labute approximate surface area is 160 Å². The van der Waals surface area contributed by atoms with Crippen LogP contribution in [-0.4, -0.2) is 36.7 Å². The number of fused-ring (bicyclic) bond motifs is 1. The van der Waals surface area contributed by atoms with Gasteiger partial charge in [0.05, 0.1) is 12.5 Å². The molecule has 0 aromatic heterocycles. The van der Waals surface area contributed by atoms with Crippen LogP contribution in [0.2, 0.25) is 0 Å². The Bertz CT molecular complexity index is 876. The predicted octanol–water partition coefficient (Wildman–Crippen LogP) is 3.53. The van der Waals surface area contributed by atoms with Gasteiger partial charge in [-0.2, -0.15) is 0 Å². The lowest BCUT2D eigenvalue weighted by molar-refractivity contribution is -0.122. The Hall–Kier alpha value is -2.46. The number of ether oxygens (including phenoxy) is 1. The number of aryl methyl sites for hydroxylation is 1. The topological polar surface area (TPSA) is 46.6 Å². The summed E-state index contributed by atoms with van der Waals surface area (Å²) in [5.74, 6) is 0.791. The van der Waals surface area contributed by atoms with Gasteiger partial charge in [0.15, 0.2) is 5.78 Å². The lowest BCUT2D eigenvalue weighted by Crippen LogP contribution is -2.44. The molecule has 0 saturated carbocycles. The van der Waals surface area contributed by atoms with E-state index in [0.717, 1.165) is 36.3 Å². The number of Topliss-reactive ketones (excluding diaryl/α,β-unsaturated/α-hetero) is 2. The summed E-state index contributed by atoms with van der Waals surface area (Å²) in [4.78, 5) is 28.3. The molecule has 0 bridgehead atoms. The Morgan fingerprint density at radius 1 is 1.22 bits per heavy atom. The first-order chi connectivity index (χ1) is 13.0. The number of likely N-dealkylation sites (tertiary alicyclic amines) is 1. The monoisotopic (exact) mass is 363 g/mol. The second-order valence-electron chi connectivity index (χ2n) is 7.83. The summed E-state index contributed by atoms with van der Waals surface area (Å²) < 4.78 is 5.30. The minimum absolute atomic E-state index is 0.121. The fraction of sp³-hybridized carbons (Fsp3) is 0.391. The lowest BCUT2D eigenvalue weighted by atomic mass is 9.64. The van der Waals surface area contributed by atoms with Gasteiger partial charge < -0.3 is 4.74 Å². The van der Waals surface area contributed by atoms with Crippen molar-refractivity contribution in [2.45, 2.75) is 26.3 Å². The summed E-state index contributed by atoms with van der Waals surface area (Å²) in [6.45, 7) is 3.71. The SMILES string of the molecule is COc1ccc2c(c1)CCC1(CN(Cc3ccccc3)CC1C(C)=O)C2=O. The number of hydrogen-bond donors (Lipinski definition) is 0. The maximum atomic E-state index is 13.5. The van der Waals surface area contributed by atoms with Crippen LogP contribution in [0.15, 0.2) is 48.5 Å². The van der Waals surface area contributed by atoms with Crippen molar-refractivity contribution in [1.29, 1.82) is 0 Å². The van der Waals surface area contributed by atoms with Crippen LogP contribution in [0.25, 0.3) is 0 Å². The number of hydrogen-bond acceptors (Lipinski definition) is 4. The van der Waals surface area contributed by atoms with Crippen LogP contribution in [0.3, 0.4) is 0 Å². The third kappa shape index (κ3) is 3.08. The molecule has 1 heterocycles. The Morgan fingerprint density at radius 3 is 2.70 bits per heavy atom. The first kappa shape index (κ1) is 17.9. The number of carbonyl (C=O) groups is 2. The van der Waals surface area contributed by atoms with E-state index >= 15 is 0 Å². The van der Waals surface area contributed by atoms with E-state index in [1.54, 1.807) is 14.0 Å². The second-order valence-corrected chi connectivity index (χ2v) is 7.83. The van der Waals surface area contributed by atoms with Crippen molar-refractivity contribution in [3.63, 3.8) is 0 Å². The normalized spacial score (nSPS) is 24.8. The summed E-state index contributed by atoms with van der Waals surface area (Å²) in [6, 6.07) is 15.9. The van der Waals surface area contributed by atoms with E-state index in [2.05, 4.69) is 17.0 Å². The molecular formula is C23H25NO3. The Kier molecular flexibility index (Phi) is 4.60. The molecule has 1 saturated heterocycles. The molecule has 0 radical (unpaired) electrons. The minimum Gasteiger partial charge on any atom is -0.497 e. The largest absolute Gasteiger partial charge is 0.497 e. The molecule has 140 valence electrons. The van der Waals surface area contributed by atoms with Crippen molar-refractivity contribution in [2.75, 3.05) is 20.2 Å². The van der Waals surface area contributed by atoms with Gasteiger partial charge in [-0.3, -0.25) is 14.5 Å². The van der Waals surface area contributed by atoms with Gasteiger partial charge in [0.2, 0.25) is 0 Å². The molecule has 2 aliphatic rings. The van der Waals surface area contributed by atoms with Crippen molar-refractivity contribution in [2.24, 2.45) is 11.3 Å². The quantitative estimate of drug-likeness (QED) is 0.834. The van der Waals surface area contributed by atoms with Gasteiger partial charge in [-0.25, -0.2) is 0 Å². The predicted molar refractivity (Wildman–Crippen MR) is 104 cm³/mol. The lowest BCUT2D eigenvalue weighted by Gasteiger charge is -2.36. The maximum absolute atomic E-state index is 13.5. The molecule has 1 fully saturated rings. The van der Waals surface area contributed by atoms with Gasteiger partial charge in [0.25, 0.3) is 0 Å². The minimum atomic E-state index is -0.595. The van der Waals surface area contributed by atoms with Crippen molar-refractivity contribution < 1.29 is 14.3 Å². The van der Waals surface area contributed by atoms with Gasteiger partial charge in [0.1, 0.15) is 11.5 Å². The van der Waals surface area contributed by atoms with Crippen molar-refractivity contribution in [3.05, 3.63) is 65.2 Å². The van der Waals surface area contributed by atoms with E-state index in [4.69, 9.17) is 4.74 Å². The number of benzene rings is 2. The van der Waals surface area contributed by atoms with Crippen LogP contribution in [0.1, 0.15) is 34.8 Å². The smallest absolute Gasteiger partial charge is 0.171 e. The molecule has 4 heteroatoms. The van der Waals surface area contributed by atoms with Gasteiger partial charge in [-0.1, -0.05) is 30.3 Å². The van der Waals surface area contributed by atoms with Crippen LogP contribution in [-0.2, 0) is 17.8 Å². The third-order valence-electron chi connectivity index (χ3n) is 6.20. The van der Waals surface area contributed by atoms with E-state index < -0.39 is 5.41 Å². The van der Waals surface area contributed by atoms with Gasteiger partial charge in [-0.15, -0.1) is 0 Å². The molecule has 4 nitrogen and oxygen atoms in total. The summed E-state index contributed by atoms with van der Waals surface area (Å²) in [7, 11) is 1.64. The standard InChI is InChI=1S/C23H25NO3/c1-16(25)21-14-24(13-17-6-4-3-5-7-17)15-23(21)11-10-18-12-19(27-2)8-9-20(18)22(23)26/h3-9,12,21H,10-11,13-15H2,1-2H3. The molecular weight excluding hydrogens is 338 g/mol. The molecule has 27 heavy (non-hydrogen) atoms. The average Bonchev–Trinajstić information content (AvgIpc) is 3.05. The average molecular weight is 363 g/mol. The number of carbonyl (C=O) groups excluding carboxylic acids is 2. The Balaban J connectivity index is 1.65. The molecule has 2 unspecified atom stereocenters. The highest BCUT2D eigenvalue weighted by Gasteiger charge is 2.55. The Morgan fingerprint density at radius 2 is 2.00 bits per heavy atom. The molecule has 4 rings (SSSR count). The zero-order valence-corrected chi connectivity index (χ0v) is 15.9. The number of methoxy groups -OCH3 is 1. The fourth-order valence-electron chi connectivity index (χ4n) is 4.83. The maximum Gasteiger partial charge on any atom is 0.171 e. The number of ketones is 2.